The Bertz CT molecular complexity index is 908. The number of pyridine rings is 1. The number of piperidine rings is 1. The normalized spacial score (nSPS) is 16.9. The Labute approximate surface area is 159 Å². The van der Waals surface area contributed by atoms with Crippen molar-refractivity contribution in [2.24, 2.45) is 5.92 Å². The summed E-state index contributed by atoms with van der Waals surface area (Å²) in [6, 6.07) is 7.22. The van der Waals surface area contributed by atoms with Gasteiger partial charge in [-0.25, -0.2) is 14.6 Å². The lowest BCUT2D eigenvalue weighted by Crippen LogP contribution is -2.43. The van der Waals surface area contributed by atoms with E-state index in [1.807, 2.05) is 17.5 Å². The van der Waals surface area contributed by atoms with Gasteiger partial charge in [-0.2, -0.15) is 5.10 Å². The van der Waals surface area contributed by atoms with E-state index < -0.39 is 0 Å². The maximum absolute atomic E-state index is 12.6. The fourth-order valence-electron chi connectivity index (χ4n) is 3.10. The highest BCUT2D eigenvalue weighted by atomic mass is 32.1. The van der Waals surface area contributed by atoms with Crippen molar-refractivity contribution in [3.8, 4) is 5.82 Å². The van der Waals surface area contributed by atoms with Crippen LogP contribution in [0.25, 0.3) is 5.82 Å². The molecule has 0 radical (unpaired) electrons. The first-order valence-corrected chi connectivity index (χ1v) is 9.53. The summed E-state index contributed by atoms with van der Waals surface area (Å²) in [5.74, 6) is 0.309. The highest BCUT2D eigenvalue weighted by Gasteiger charge is 2.29. The molecule has 0 saturated carbocycles. The monoisotopic (exact) mass is 382 g/mol. The fraction of sp³-hybridized carbons (Fsp3) is 0.278. The minimum absolute atomic E-state index is 0.00125. The first-order chi connectivity index (χ1) is 13.2. The van der Waals surface area contributed by atoms with Crippen molar-refractivity contribution in [1.29, 1.82) is 0 Å². The largest absolute Gasteiger partial charge is 0.337 e. The van der Waals surface area contributed by atoms with E-state index in [2.05, 4.69) is 20.4 Å². The minimum atomic E-state index is -0.224. The van der Waals surface area contributed by atoms with Gasteiger partial charge < -0.3 is 10.2 Å². The minimum Gasteiger partial charge on any atom is -0.337 e. The molecule has 1 fully saturated rings. The van der Waals surface area contributed by atoms with Gasteiger partial charge in [0.1, 0.15) is 12.7 Å². The third-order valence-electron chi connectivity index (χ3n) is 4.48. The highest BCUT2D eigenvalue weighted by molar-refractivity contribution is 7.12. The summed E-state index contributed by atoms with van der Waals surface area (Å²) in [5, 5.41) is 8.80. The van der Waals surface area contributed by atoms with E-state index in [1.165, 1.54) is 17.7 Å². The van der Waals surface area contributed by atoms with Crippen LogP contribution in [-0.4, -0.2) is 49.6 Å². The van der Waals surface area contributed by atoms with Crippen molar-refractivity contribution in [2.45, 2.75) is 12.8 Å². The number of hydrogen-bond acceptors (Lipinski definition) is 6. The molecule has 4 heterocycles. The van der Waals surface area contributed by atoms with Gasteiger partial charge in [0.2, 0.25) is 5.91 Å². The Morgan fingerprint density at radius 3 is 2.89 bits per heavy atom. The molecule has 8 nitrogen and oxygen atoms in total. The van der Waals surface area contributed by atoms with E-state index in [4.69, 9.17) is 0 Å². The number of thiophene rings is 1. The number of carbonyl (C=O) groups is 2. The molecule has 27 heavy (non-hydrogen) atoms. The molecular weight excluding hydrogens is 364 g/mol. The molecule has 3 aromatic rings. The summed E-state index contributed by atoms with van der Waals surface area (Å²) >= 11 is 1.43. The second-order valence-corrected chi connectivity index (χ2v) is 7.25. The van der Waals surface area contributed by atoms with E-state index >= 15 is 0 Å². The van der Waals surface area contributed by atoms with E-state index in [1.54, 1.807) is 34.2 Å². The van der Waals surface area contributed by atoms with Crippen LogP contribution in [0.3, 0.4) is 0 Å². The average Bonchev–Trinajstić information content (AvgIpc) is 3.42. The summed E-state index contributed by atoms with van der Waals surface area (Å²) in [6.07, 6.45) is 6.17. The van der Waals surface area contributed by atoms with Crippen LogP contribution in [0.1, 0.15) is 22.5 Å². The number of aromatic nitrogens is 4. The summed E-state index contributed by atoms with van der Waals surface area (Å²) < 4.78 is 1.54. The molecule has 1 aliphatic rings. The van der Waals surface area contributed by atoms with Gasteiger partial charge in [0, 0.05) is 13.1 Å². The lowest BCUT2D eigenvalue weighted by Gasteiger charge is -2.31. The van der Waals surface area contributed by atoms with Gasteiger partial charge in [-0.1, -0.05) is 6.07 Å². The maximum atomic E-state index is 12.6. The van der Waals surface area contributed by atoms with Gasteiger partial charge in [-0.15, -0.1) is 11.3 Å². The highest BCUT2D eigenvalue weighted by Crippen LogP contribution is 2.22. The number of rotatable bonds is 4. The Morgan fingerprint density at radius 1 is 1.26 bits per heavy atom. The zero-order chi connectivity index (χ0) is 18.6. The molecule has 1 unspecified atom stereocenters. The topological polar surface area (TPSA) is 93.0 Å². The summed E-state index contributed by atoms with van der Waals surface area (Å²) in [7, 11) is 0. The van der Waals surface area contributed by atoms with Crippen molar-refractivity contribution in [3.05, 3.63) is 53.4 Å². The number of amides is 2. The van der Waals surface area contributed by atoms with Crippen molar-refractivity contribution in [1.82, 2.24) is 24.6 Å². The predicted octanol–water partition coefficient (Wildman–Crippen LogP) is 2.21. The quantitative estimate of drug-likeness (QED) is 0.747. The van der Waals surface area contributed by atoms with Crippen molar-refractivity contribution in [2.75, 3.05) is 18.4 Å². The molecule has 138 valence electrons. The zero-order valence-corrected chi connectivity index (χ0v) is 15.3. The van der Waals surface area contributed by atoms with Crippen LogP contribution in [0.4, 0.5) is 5.69 Å². The van der Waals surface area contributed by atoms with Gasteiger partial charge in [-0.3, -0.25) is 9.59 Å². The predicted molar refractivity (Wildman–Crippen MR) is 101 cm³/mol. The zero-order valence-electron chi connectivity index (χ0n) is 14.5. The first-order valence-electron chi connectivity index (χ1n) is 8.65. The van der Waals surface area contributed by atoms with Crippen LogP contribution in [0.5, 0.6) is 0 Å². The lowest BCUT2D eigenvalue weighted by molar-refractivity contribution is -0.121. The van der Waals surface area contributed by atoms with Gasteiger partial charge in [-0.05, 0) is 36.4 Å². The van der Waals surface area contributed by atoms with Gasteiger partial charge in [0.15, 0.2) is 5.82 Å². The van der Waals surface area contributed by atoms with Gasteiger partial charge in [0.05, 0.1) is 22.7 Å². The molecule has 0 aromatic carbocycles. The van der Waals surface area contributed by atoms with E-state index in [-0.39, 0.29) is 17.7 Å². The molecule has 0 aliphatic carbocycles. The summed E-state index contributed by atoms with van der Waals surface area (Å²) in [5.41, 5.74) is 0.616. The second-order valence-electron chi connectivity index (χ2n) is 6.30. The van der Waals surface area contributed by atoms with Crippen LogP contribution < -0.4 is 5.32 Å². The Morgan fingerprint density at radius 2 is 2.19 bits per heavy atom. The van der Waals surface area contributed by atoms with E-state index in [0.29, 0.717) is 29.5 Å². The second kappa shape index (κ2) is 7.67. The first kappa shape index (κ1) is 17.3. The standard InChI is InChI=1S/C18H18N6O2S/c25-17(22-14-5-6-16(20-9-14)24-12-19-11-21-24)13-3-1-7-23(10-13)18(26)15-4-2-8-27-15/h2,4-6,8-9,11-13H,1,3,7,10H2,(H,22,25). The summed E-state index contributed by atoms with van der Waals surface area (Å²) in [6.45, 7) is 1.13. The molecule has 1 aliphatic heterocycles. The number of nitrogens with zero attached hydrogens (tertiary/aromatic N) is 5. The molecule has 9 heteroatoms. The van der Waals surface area contributed by atoms with Crippen molar-refractivity contribution >= 4 is 28.8 Å². The van der Waals surface area contributed by atoms with Crippen LogP contribution in [0.15, 0.2) is 48.5 Å². The third-order valence-corrected chi connectivity index (χ3v) is 5.34. The van der Waals surface area contributed by atoms with Crippen molar-refractivity contribution < 1.29 is 9.59 Å². The number of hydrogen-bond donors (Lipinski definition) is 1. The Balaban J connectivity index is 1.38. The van der Waals surface area contributed by atoms with Gasteiger partial charge >= 0.3 is 0 Å². The maximum Gasteiger partial charge on any atom is 0.263 e. The van der Waals surface area contributed by atoms with Crippen LogP contribution in [-0.2, 0) is 4.79 Å². The van der Waals surface area contributed by atoms with Crippen molar-refractivity contribution in [3.63, 3.8) is 0 Å². The third kappa shape index (κ3) is 3.87. The van der Waals surface area contributed by atoms with Gasteiger partial charge in [0.25, 0.3) is 5.91 Å². The molecular formula is C18H18N6O2S. The molecule has 3 aromatic heterocycles. The van der Waals surface area contributed by atoms with Crippen LogP contribution in [0, 0.1) is 5.92 Å². The average molecular weight is 382 g/mol. The number of anilines is 1. The molecule has 4 rings (SSSR count). The number of likely N-dealkylation sites (tertiary alicyclic amines) is 1. The SMILES string of the molecule is O=C(Nc1ccc(-n2cncn2)nc1)C1CCCN(C(=O)c2cccs2)C1. The number of nitrogens with one attached hydrogen (secondary N) is 1. The van der Waals surface area contributed by atoms with E-state index in [0.717, 1.165) is 12.8 Å². The molecule has 1 N–H and O–H groups in total. The Hall–Kier alpha value is -3.07. The lowest BCUT2D eigenvalue weighted by atomic mass is 9.97. The van der Waals surface area contributed by atoms with E-state index in [9.17, 15) is 9.59 Å². The molecule has 0 bridgehead atoms. The number of carbonyl (C=O) groups excluding carboxylic acids is 2. The molecule has 1 saturated heterocycles. The van der Waals surface area contributed by atoms with Crippen LogP contribution in [0.2, 0.25) is 0 Å². The fourth-order valence-corrected chi connectivity index (χ4v) is 3.79. The Kier molecular flexibility index (Phi) is 4.93. The summed E-state index contributed by atoms with van der Waals surface area (Å²) in [4.78, 5) is 35.8. The molecule has 0 spiro atoms. The molecule has 1 atom stereocenters. The molecule has 2 amide bonds. The van der Waals surface area contributed by atoms with Crippen LogP contribution >= 0.6 is 11.3 Å². The smallest absolute Gasteiger partial charge is 0.263 e.